The average Bonchev–Trinajstić information content (AvgIpc) is 3.22. The summed E-state index contributed by atoms with van der Waals surface area (Å²) in [5.41, 5.74) is 1.84. The van der Waals surface area contributed by atoms with E-state index in [1.807, 2.05) is 60.4 Å². The summed E-state index contributed by atoms with van der Waals surface area (Å²) < 4.78 is 34.6. The maximum absolute atomic E-state index is 13.7. The van der Waals surface area contributed by atoms with Crippen LogP contribution in [0, 0.1) is 0 Å². The molecule has 2 heterocycles. The van der Waals surface area contributed by atoms with Crippen molar-refractivity contribution in [2.24, 2.45) is 0 Å². The van der Waals surface area contributed by atoms with Crippen molar-refractivity contribution in [2.45, 2.75) is 19.5 Å². The highest BCUT2D eigenvalue weighted by Gasteiger charge is 2.34. The molecule has 0 saturated carbocycles. The number of fused-ring (bicyclic) bond motifs is 1. The zero-order valence-electron chi connectivity index (χ0n) is 17.0. The summed E-state index contributed by atoms with van der Waals surface area (Å²) >= 11 is 0. The molecule has 2 aliphatic rings. The fraction of sp³-hybridized carbons (Fsp3) is 0.409. The Labute approximate surface area is 177 Å². The van der Waals surface area contributed by atoms with Crippen molar-refractivity contribution in [2.75, 3.05) is 37.9 Å². The molecule has 0 aliphatic carbocycles. The van der Waals surface area contributed by atoms with Crippen LogP contribution in [0.5, 0.6) is 11.5 Å². The standard InChI is InChI=1S/C22H26N2O5S/c1-2-23(15-17-8-9-19-20(14-17)29-16-28-19)22(25)21(18-6-4-3-5-7-18)24-10-12-30(26,27)13-11-24/h3-9,14,21H,2,10-13,15-16H2,1H3. The Kier molecular flexibility index (Phi) is 5.97. The Morgan fingerprint density at radius 2 is 1.77 bits per heavy atom. The highest BCUT2D eigenvalue weighted by atomic mass is 32.2. The summed E-state index contributed by atoms with van der Waals surface area (Å²) in [4.78, 5) is 17.4. The fourth-order valence-electron chi connectivity index (χ4n) is 3.91. The van der Waals surface area contributed by atoms with Crippen molar-refractivity contribution >= 4 is 15.7 Å². The molecular formula is C22H26N2O5S. The second-order valence-electron chi connectivity index (χ2n) is 7.54. The molecule has 1 atom stereocenters. The quantitative estimate of drug-likeness (QED) is 0.700. The molecule has 7 nitrogen and oxygen atoms in total. The van der Waals surface area contributed by atoms with E-state index in [1.165, 1.54) is 0 Å². The molecule has 1 saturated heterocycles. The molecule has 1 unspecified atom stereocenters. The zero-order chi connectivity index (χ0) is 21.1. The molecule has 0 spiro atoms. The van der Waals surface area contributed by atoms with Crippen molar-refractivity contribution in [3.05, 3.63) is 59.7 Å². The van der Waals surface area contributed by atoms with Gasteiger partial charge in [0.2, 0.25) is 12.7 Å². The average molecular weight is 431 g/mol. The maximum Gasteiger partial charge on any atom is 0.244 e. The van der Waals surface area contributed by atoms with Crippen LogP contribution in [-0.4, -0.2) is 62.1 Å². The summed E-state index contributed by atoms with van der Waals surface area (Å²) in [5.74, 6) is 1.54. The van der Waals surface area contributed by atoms with Crippen LogP contribution < -0.4 is 9.47 Å². The lowest BCUT2D eigenvalue weighted by atomic mass is 10.0. The lowest BCUT2D eigenvalue weighted by Crippen LogP contribution is -2.48. The first-order valence-corrected chi connectivity index (χ1v) is 12.0. The molecule has 1 amide bonds. The number of likely N-dealkylation sites (N-methyl/N-ethyl adjacent to an activating group) is 1. The van der Waals surface area contributed by atoms with Crippen LogP contribution in [0.1, 0.15) is 24.1 Å². The van der Waals surface area contributed by atoms with Crippen molar-refractivity contribution in [3.63, 3.8) is 0 Å². The normalized spacial score (nSPS) is 18.7. The number of ether oxygens (including phenoxy) is 2. The van der Waals surface area contributed by atoms with Gasteiger partial charge in [0, 0.05) is 26.2 Å². The van der Waals surface area contributed by atoms with Gasteiger partial charge in [-0.25, -0.2) is 8.42 Å². The number of hydrogen-bond acceptors (Lipinski definition) is 6. The maximum atomic E-state index is 13.7. The Morgan fingerprint density at radius 1 is 1.07 bits per heavy atom. The molecule has 0 bridgehead atoms. The third-order valence-electron chi connectivity index (χ3n) is 5.60. The number of sulfone groups is 1. The zero-order valence-corrected chi connectivity index (χ0v) is 17.8. The van der Waals surface area contributed by atoms with Gasteiger partial charge in [-0.3, -0.25) is 9.69 Å². The van der Waals surface area contributed by atoms with Crippen molar-refractivity contribution in [1.82, 2.24) is 9.80 Å². The number of hydrogen-bond donors (Lipinski definition) is 0. The summed E-state index contributed by atoms with van der Waals surface area (Å²) in [6.07, 6.45) is 0. The summed E-state index contributed by atoms with van der Waals surface area (Å²) in [5, 5.41) is 0. The van der Waals surface area contributed by atoms with E-state index in [4.69, 9.17) is 9.47 Å². The van der Waals surface area contributed by atoms with Gasteiger partial charge in [0.25, 0.3) is 0 Å². The lowest BCUT2D eigenvalue weighted by Gasteiger charge is -2.36. The molecule has 4 rings (SSSR count). The van der Waals surface area contributed by atoms with Gasteiger partial charge in [0.1, 0.15) is 6.04 Å². The minimum absolute atomic E-state index is 0.0272. The third-order valence-corrected chi connectivity index (χ3v) is 7.21. The SMILES string of the molecule is CCN(Cc1ccc2c(c1)OCO2)C(=O)C(c1ccccc1)N1CCS(=O)(=O)CC1. The summed E-state index contributed by atoms with van der Waals surface area (Å²) in [6.45, 7) is 3.87. The number of amides is 1. The first-order valence-electron chi connectivity index (χ1n) is 10.1. The van der Waals surface area contributed by atoms with E-state index in [1.54, 1.807) is 4.90 Å². The molecular weight excluding hydrogens is 404 g/mol. The van der Waals surface area contributed by atoms with E-state index < -0.39 is 15.9 Å². The minimum atomic E-state index is -3.03. The first kappa shape index (κ1) is 20.7. The smallest absolute Gasteiger partial charge is 0.244 e. The summed E-state index contributed by atoms with van der Waals surface area (Å²) in [7, 11) is -3.03. The van der Waals surface area contributed by atoms with Crippen LogP contribution >= 0.6 is 0 Å². The third kappa shape index (κ3) is 4.44. The van der Waals surface area contributed by atoms with Crippen molar-refractivity contribution in [1.29, 1.82) is 0 Å². The van der Waals surface area contributed by atoms with Gasteiger partial charge in [-0.05, 0) is 30.2 Å². The molecule has 160 valence electrons. The molecule has 2 aliphatic heterocycles. The van der Waals surface area contributed by atoms with Gasteiger partial charge in [0.15, 0.2) is 21.3 Å². The molecule has 0 N–H and O–H groups in total. The highest BCUT2D eigenvalue weighted by Crippen LogP contribution is 2.33. The number of nitrogens with zero attached hydrogens (tertiary/aromatic N) is 2. The molecule has 8 heteroatoms. The van der Waals surface area contributed by atoms with E-state index >= 15 is 0 Å². The Balaban J connectivity index is 1.58. The van der Waals surface area contributed by atoms with E-state index in [9.17, 15) is 13.2 Å². The van der Waals surface area contributed by atoms with Crippen LogP contribution in [0.2, 0.25) is 0 Å². The van der Waals surface area contributed by atoms with E-state index in [2.05, 4.69) is 0 Å². The fourth-order valence-corrected chi connectivity index (χ4v) is 5.14. The second kappa shape index (κ2) is 8.65. The van der Waals surface area contributed by atoms with Gasteiger partial charge >= 0.3 is 0 Å². The predicted octanol–water partition coefficient (Wildman–Crippen LogP) is 2.24. The molecule has 1 fully saturated rings. The summed E-state index contributed by atoms with van der Waals surface area (Å²) in [6, 6.07) is 14.8. The van der Waals surface area contributed by atoms with E-state index in [0.717, 1.165) is 11.1 Å². The predicted molar refractivity (Wildman–Crippen MR) is 113 cm³/mol. The van der Waals surface area contributed by atoms with Crippen LogP contribution in [-0.2, 0) is 21.2 Å². The second-order valence-corrected chi connectivity index (χ2v) is 9.84. The van der Waals surface area contributed by atoms with E-state index in [0.29, 0.717) is 37.7 Å². The number of rotatable bonds is 6. The molecule has 2 aromatic carbocycles. The number of benzene rings is 2. The van der Waals surface area contributed by atoms with Crippen molar-refractivity contribution in [3.8, 4) is 11.5 Å². The van der Waals surface area contributed by atoms with Gasteiger partial charge < -0.3 is 14.4 Å². The Bertz CT molecular complexity index is 995. The van der Waals surface area contributed by atoms with Crippen LogP contribution in [0.15, 0.2) is 48.5 Å². The molecule has 0 aromatic heterocycles. The van der Waals surface area contributed by atoms with Crippen LogP contribution in [0.4, 0.5) is 0 Å². The highest BCUT2D eigenvalue weighted by molar-refractivity contribution is 7.91. The lowest BCUT2D eigenvalue weighted by molar-refractivity contribution is -0.137. The first-order chi connectivity index (χ1) is 14.5. The minimum Gasteiger partial charge on any atom is -0.454 e. The monoisotopic (exact) mass is 430 g/mol. The topological polar surface area (TPSA) is 76.2 Å². The molecule has 2 aromatic rings. The van der Waals surface area contributed by atoms with Crippen LogP contribution in [0.3, 0.4) is 0 Å². The number of carbonyl (C=O) groups excluding carboxylic acids is 1. The Hall–Kier alpha value is -2.58. The largest absolute Gasteiger partial charge is 0.454 e. The Morgan fingerprint density at radius 3 is 2.47 bits per heavy atom. The van der Waals surface area contributed by atoms with Gasteiger partial charge in [-0.1, -0.05) is 36.4 Å². The van der Waals surface area contributed by atoms with Gasteiger partial charge in [-0.2, -0.15) is 0 Å². The molecule has 0 radical (unpaired) electrons. The van der Waals surface area contributed by atoms with Gasteiger partial charge in [-0.15, -0.1) is 0 Å². The van der Waals surface area contributed by atoms with E-state index in [-0.39, 0.29) is 24.2 Å². The van der Waals surface area contributed by atoms with Crippen LogP contribution in [0.25, 0.3) is 0 Å². The van der Waals surface area contributed by atoms with Crippen molar-refractivity contribution < 1.29 is 22.7 Å². The molecule has 30 heavy (non-hydrogen) atoms. The number of carbonyl (C=O) groups is 1. The van der Waals surface area contributed by atoms with Gasteiger partial charge in [0.05, 0.1) is 11.5 Å².